The molecule has 0 unspecified atom stereocenters. The zero-order valence-corrected chi connectivity index (χ0v) is 13.5. The highest BCUT2D eigenvalue weighted by atomic mass is 127. The average Bonchev–Trinajstić information content (AvgIpc) is 2.89. The van der Waals surface area contributed by atoms with E-state index in [9.17, 15) is 18.8 Å². The van der Waals surface area contributed by atoms with Crippen molar-refractivity contribution in [2.75, 3.05) is 4.90 Å². The van der Waals surface area contributed by atoms with Gasteiger partial charge in [0.05, 0.1) is 5.69 Å². The van der Waals surface area contributed by atoms with Gasteiger partial charge in [0, 0.05) is 0 Å². The average molecular weight is 426 g/mol. The molecule has 0 aliphatic carbocycles. The Morgan fingerprint density at radius 3 is 2.61 bits per heavy atom. The number of carbonyl (C=O) groups is 3. The molecule has 2 aromatic rings. The van der Waals surface area contributed by atoms with Crippen molar-refractivity contribution in [2.45, 2.75) is 0 Å². The summed E-state index contributed by atoms with van der Waals surface area (Å²) in [5.41, 5.74) is -0.250. The molecule has 1 saturated heterocycles. The molecule has 116 valence electrons. The lowest BCUT2D eigenvalue weighted by Crippen LogP contribution is -2.54. The van der Waals surface area contributed by atoms with Crippen molar-refractivity contribution in [3.63, 3.8) is 0 Å². The maximum absolute atomic E-state index is 13.3. The Morgan fingerprint density at radius 2 is 1.96 bits per heavy atom. The molecule has 0 atom stereocenters. The van der Waals surface area contributed by atoms with E-state index in [-0.39, 0.29) is 11.3 Å². The van der Waals surface area contributed by atoms with Gasteiger partial charge in [0.1, 0.15) is 17.2 Å². The number of halogens is 2. The molecule has 1 aromatic heterocycles. The SMILES string of the molecule is O=C1NC(=O)N(c2cccc(F)c2)C(=O)C1=Cc1ccc(I)o1. The summed E-state index contributed by atoms with van der Waals surface area (Å²) >= 11 is 1.94. The van der Waals surface area contributed by atoms with Crippen molar-refractivity contribution in [3.8, 4) is 0 Å². The summed E-state index contributed by atoms with van der Waals surface area (Å²) in [6.45, 7) is 0. The number of nitrogens with one attached hydrogen (secondary N) is 1. The zero-order valence-electron chi connectivity index (χ0n) is 11.4. The molecule has 1 aliphatic heterocycles. The van der Waals surface area contributed by atoms with Gasteiger partial charge in [-0.2, -0.15) is 0 Å². The van der Waals surface area contributed by atoms with Crippen molar-refractivity contribution in [1.29, 1.82) is 0 Å². The van der Waals surface area contributed by atoms with E-state index < -0.39 is 23.7 Å². The van der Waals surface area contributed by atoms with Gasteiger partial charge < -0.3 is 4.42 Å². The number of benzene rings is 1. The number of nitrogens with zero attached hydrogens (tertiary/aromatic N) is 1. The molecule has 8 heteroatoms. The molecule has 1 fully saturated rings. The van der Waals surface area contributed by atoms with Gasteiger partial charge in [0.2, 0.25) is 0 Å². The fraction of sp³-hybridized carbons (Fsp3) is 0. The van der Waals surface area contributed by atoms with Crippen LogP contribution in [0.25, 0.3) is 6.08 Å². The van der Waals surface area contributed by atoms with Gasteiger partial charge in [-0.05, 0) is 59.0 Å². The number of furan rings is 1. The molecule has 1 aromatic carbocycles. The van der Waals surface area contributed by atoms with Crippen LogP contribution in [0, 0.1) is 9.58 Å². The Morgan fingerprint density at radius 1 is 1.17 bits per heavy atom. The molecule has 4 amide bonds. The van der Waals surface area contributed by atoms with Crippen LogP contribution in [0.15, 0.2) is 46.4 Å². The van der Waals surface area contributed by atoms with Crippen LogP contribution in [0.1, 0.15) is 5.76 Å². The van der Waals surface area contributed by atoms with Crippen LogP contribution in [-0.4, -0.2) is 17.8 Å². The molecule has 0 radical (unpaired) electrons. The zero-order chi connectivity index (χ0) is 16.6. The third-order valence-electron chi connectivity index (χ3n) is 3.05. The summed E-state index contributed by atoms with van der Waals surface area (Å²) in [7, 11) is 0. The maximum Gasteiger partial charge on any atom is 0.335 e. The van der Waals surface area contributed by atoms with Crippen molar-refractivity contribution < 1.29 is 23.2 Å². The minimum absolute atomic E-state index is 0.0277. The Labute approximate surface area is 143 Å². The van der Waals surface area contributed by atoms with E-state index in [2.05, 4.69) is 0 Å². The van der Waals surface area contributed by atoms with Crippen LogP contribution in [0.3, 0.4) is 0 Å². The fourth-order valence-electron chi connectivity index (χ4n) is 2.06. The molecule has 6 nitrogen and oxygen atoms in total. The van der Waals surface area contributed by atoms with E-state index in [4.69, 9.17) is 4.42 Å². The van der Waals surface area contributed by atoms with Gasteiger partial charge in [-0.1, -0.05) is 6.07 Å². The molecule has 0 spiro atoms. The first-order valence-corrected chi connectivity index (χ1v) is 7.46. The first kappa shape index (κ1) is 15.4. The second kappa shape index (κ2) is 5.95. The van der Waals surface area contributed by atoms with Crippen molar-refractivity contribution in [1.82, 2.24) is 5.32 Å². The van der Waals surface area contributed by atoms with Gasteiger partial charge in [-0.25, -0.2) is 14.1 Å². The lowest BCUT2D eigenvalue weighted by molar-refractivity contribution is -0.122. The van der Waals surface area contributed by atoms with Crippen LogP contribution in [-0.2, 0) is 9.59 Å². The van der Waals surface area contributed by atoms with Crippen LogP contribution >= 0.6 is 22.6 Å². The summed E-state index contributed by atoms with van der Waals surface area (Å²) in [5.74, 6) is -2.00. The van der Waals surface area contributed by atoms with E-state index in [1.165, 1.54) is 24.3 Å². The number of barbiturate groups is 1. The smallest absolute Gasteiger partial charge is 0.335 e. The summed E-state index contributed by atoms with van der Waals surface area (Å²) in [4.78, 5) is 37.0. The van der Waals surface area contributed by atoms with Gasteiger partial charge in [-0.3, -0.25) is 14.9 Å². The first-order valence-electron chi connectivity index (χ1n) is 6.38. The predicted octanol–water partition coefficient (Wildman–Crippen LogP) is 2.69. The number of rotatable bonds is 2. The second-order valence-electron chi connectivity index (χ2n) is 4.58. The van der Waals surface area contributed by atoms with Crippen LogP contribution < -0.4 is 10.2 Å². The minimum Gasteiger partial charge on any atom is -0.451 e. The van der Waals surface area contributed by atoms with Gasteiger partial charge in [0.25, 0.3) is 11.8 Å². The van der Waals surface area contributed by atoms with Gasteiger partial charge >= 0.3 is 6.03 Å². The molecule has 0 bridgehead atoms. The number of carbonyl (C=O) groups excluding carboxylic acids is 3. The predicted molar refractivity (Wildman–Crippen MR) is 86.8 cm³/mol. The summed E-state index contributed by atoms with van der Waals surface area (Å²) in [6.07, 6.45) is 1.23. The lowest BCUT2D eigenvalue weighted by Gasteiger charge is -2.26. The monoisotopic (exact) mass is 426 g/mol. The highest BCUT2D eigenvalue weighted by Crippen LogP contribution is 2.23. The Hall–Kier alpha value is -2.49. The number of urea groups is 1. The fourth-order valence-corrected chi connectivity index (χ4v) is 2.49. The van der Waals surface area contributed by atoms with E-state index in [1.54, 1.807) is 12.1 Å². The summed E-state index contributed by atoms with van der Waals surface area (Å²) in [6, 6.07) is 7.27. The number of anilines is 1. The van der Waals surface area contributed by atoms with Gasteiger partial charge in [0.15, 0.2) is 3.77 Å². The summed E-state index contributed by atoms with van der Waals surface area (Å²) < 4.78 is 19.2. The highest BCUT2D eigenvalue weighted by Gasteiger charge is 2.37. The third kappa shape index (κ3) is 3.02. The number of hydrogen-bond acceptors (Lipinski definition) is 4. The van der Waals surface area contributed by atoms with E-state index >= 15 is 0 Å². The first-order chi connectivity index (χ1) is 11.0. The molecule has 1 N–H and O–H groups in total. The maximum atomic E-state index is 13.3. The van der Waals surface area contributed by atoms with Crippen LogP contribution in [0.2, 0.25) is 0 Å². The molecule has 0 saturated carbocycles. The Balaban J connectivity index is 2.02. The summed E-state index contributed by atoms with van der Waals surface area (Å²) in [5, 5.41) is 2.05. The van der Waals surface area contributed by atoms with Crippen molar-refractivity contribution >= 4 is 52.2 Å². The molecule has 23 heavy (non-hydrogen) atoms. The standard InChI is InChI=1S/C15H8FIN2O4/c16-8-2-1-3-9(6-8)19-14(21)11(13(20)18-15(19)22)7-10-4-5-12(17)23-10/h1-7H,(H,18,20,22). The Kier molecular flexibility index (Phi) is 3.99. The molecular weight excluding hydrogens is 418 g/mol. The second-order valence-corrected chi connectivity index (χ2v) is 5.64. The topological polar surface area (TPSA) is 79.6 Å². The van der Waals surface area contributed by atoms with Gasteiger partial charge in [-0.15, -0.1) is 0 Å². The number of amides is 4. The van der Waals surface area contributed by atoms with Crippen molar-refractivity contribution in [3.05, 3.63) is 57.3 Å². The minimum atomic E-state index is -0.934. The molecule has 2 heterocycles. The Bertz CT molecular complexity index is 859. The van der Waals surface area contributed by atoms with Crippen LogP contribution in [0.5, 0.6) is 0 Å². The normalized spacial score (nSPS) is 16.9. The third-order valence-corrected chi connectivity index (χ3v) is 3.63. The van der Waals surface area contributed by atoms with E-state index in [1.807, 2.05) is 27.9 Å². The molecule has 1 aliphatic rings. The van der Waals surface area contributed by atoms with Crippen LogP contribution in [0.4, 0.5) is 14.9 Å². The molecule has 3 rings (SSSR count). The quantitative estimate of drug-likeness (QED) is 0.455. The van der Waals surface area contributed by atoms with Crippen molar-refractivity contribution in [2.24, 2.45) is 0 Å². The lowest BCUT2D eigenvalue weighted by atomic mass is 10.1. The van der Waals surface area contributed by atoms with E-state index in [0.29, 0.717) is 14.4 Å². The van der Waals surface area contributed by atoms with E-state index in [0.717, 1.165) is 6.07 Å². The number of imide groups is 2. The largest absolute Gasteiger partial charge is 0.451 e. The molecular formula is C15H8FIN2O4. The number of hydrogen-bond donors (Lipinski definition) is 1. The highest BCUT2D eigenvalue weighted by molar-refractivity contribution is 14.1.